The highest BCUT2D eigenvalue weighted by atomic mass is 19.4. The fourth-order valence-corrected chi connectivity index (χ4v) is 2.06. The average molecular weight is 346 g/mol. The number of anilines is 1. The highest BCUT2D eigenvalue weighted by Crippen LogP contribution is 2.35. The first kappa shape index (κ1) is 16.2. The number of aromatic amines is 1. The van der Waals surface area contributed by atoms with Gasteiger partial charge in [-0.2, -0.15) is 23.6 Å². The number of allylic oxidation sites excluding steroid dienone is 1. The molecule has 2 aromatic heterocycles. The Bertz CT molecular complexity index is 920. The van der Waals surface area contributed by atoms with Crippen LogP contribution in [0.2, 0.25) is 0 Å². The van der Waals surface area contributed by atoms with Gasteiger partial charge in [-0.15, -0.1) is 10.2 Å². The number of nitrogens with one attached hydrogen (secondary N) is 2. The second-order valence-electron chi connectivity index (χ2n) is 4.75. The zero-order valence-corrected chi connectivity index (χ0v) is 12.4. The van der Waals surface area contributed by atoms with E-state index in [0.29, 0.717) is 0 Å². The van der Waals surface area contributed by atoms with Crippen LogP contribution >= 0.6 is 0 Å². The number of benzene rings is 1. The number of tetrazole rings is 1. The summed E-state index contributed by atoms with van der Waals surface area (Å²) >= 11 is 0. The molecule has 0 aliphatic rings. The van der Waals surface area contributed by atoms with Gasteiger partial charge in [0.2, 0.25) is 5.82 Å². The van der Waals surface area contributed by atoms with Crippen molar-refractivity contribution in [3.63, 3.8) is 0 Å². The monoisotopic (exact) mass is 346 g/mol. The topological polar surface area (TPSA) is 108 Å². The number of nitriles is 1. The summed E-state index contributed by atoms with van der Waals surface area (Å²) in [5.41, 5.74) is -0.742. The molecular weight excluding hydrogens is 337 g/mol. The normalized spacial score (nSPS) is 12.0. The minimum absolute atomic E-state index is 0.0148. The second-order valence-corrected chi connectivity index (χ2v) is 4.75. The molecule has 0 bridgehead atoms. The summed E-state index contributed by atoms with van der Waals surface area (Å²) in [4.78, 5) is 3.75. The fourth-order valence-electron chi connectivity index (χ4n) is 2.06. The van der Waals surface area contributed by atoms with Crippen LogP contribution in [0, 0.1) is 11.3 Å². The summed E-state index contributed by atoms with van der Waals surface area (Å²) < 4.78 is 41.3. The third kappa shape index (κ3) is 3.47. The van der Waals surface area contributed by atoms with Crippen molar-refractivity contribution in [2.75, 3.05) is 5.32 Å². The summed E-state index contributed by atoms with van der Waals surface area (Å²) in [6.45, 7) is 0. The number of imidazole rings is 1. The molecule has 0 saturated heterocycles. The predicted molar refractivity (Wildman–Crippen MR) is 80.0 cm³/mol. The summed E-state index contributed by atoms with van der Waals surface area (Å²) in [7, 11) is 0. The number of H-pyrrole nitrogens is 1. The Morgan fingerprint density at radius 3 is 2.80 bits per heavy atom. The van der Waals surface area contributed by atoms with E-state index < -0.39 is 11.7 Å². The molecule has 0 aliphatic heterocycles. The van der Waals surface area contributed by atoms with Gasteiger partial charge in [-0.1, -0.05) is 0 Å². The van der Waals surface area contributed by atoms with Gasteiger partial charge in [-0.25, -0.2) is 4.98 Å². The molecule has 0 spiro atoms. The molecule has 0 amide bonds. The Kier molecular flexibility index (Phi) is 4.17. The predicted octanol–water partition coefficient (Wildman–Crippen LogP) is 2.38. The number of rotatable bonds is 4. The van der Waals surface area contributed by atoms with Crippen LogP contribution in [0.4, 0.5) is 18.9 Å². The van der Waals surface area contributed by atoms with Gasteiger partial charge in [0, 0.05) is 24.3 Å². The summed E-state index contributed by atoms with van der Waals surface area (Å²) in [5, 5.41) is 24.5. The van der Waals surface area contributed by atoms with Crippen LogP contribution in [0.5, 0.6) is 0 Å². The Morgan fingerprint density at radius 1 is 1.36 bits per heavy atom. The van der Waals surface area contributed by atoms with Crippen LogP contribution < -0.4 is 5.32 Å². The molecule has 0 atom stereocenters. The van der Waals surface area contributed by atoms with E-state index in [1.54, 1.807) is 0 Å². The van der Waals surface area contributed by atoms with Gasteiger partial charge in [-0.05, 0) is 23.4 Å². The first-order valence-corrected chi connectivity index (χ1v) is 6.79. The molecule has 3 rings (SSSR count). The van der Waals surface area contributed by atoms with E-state index in [1.807, 2.05) is 6.07 Å². The van der Waals surface area contributed by atoms with Gasteiger partial charge >= 0.3 is 6.18 Å². The molecule has 25 heavy (non-hydrogen) atoms. The lowest BCUT2D eigenvalue weighted by atomic mass is 10.1. The molecule has 8 nitrogen and oxygen atoms in total. The van der Waals surface area contributed by atoms with Gasteiger partial charge in [0.25, 0.3) is 0 Å². The molecule has 0 saturated carbocycles. The van der Waals surface area contributed by atoms with Crippen molar-refractivity contribution in [1.82, 2.24) is 30.2 Å². The van der Waals surface area contributed by atoms with Gasteiger partial charge in [0.15, 0.2) is 0 Å². The molecule has 11 heteroatoms. The number of hydrogen-bond donors (Lipinski definition) is 2. The maximum absolute atomic E-state index is 13.3. The zero-order valence-electron chi connectivity index (χ0n) is 12.4. The number of aromatic nitrogens is 6. The number of hydrogen-bond acceptors (Lipinski definition) is 6. The van der Waals surface area contributed by atoms with Crippen LogP contribution in [-0.4, -0.2) is 30.2 Å². The van der Waals surface area contributed by atoms with E-state index in [9.17, 15) is 13.2 Å². The van der Waals surface area contributed by atoms with E-state index >= 15 is 0 Å². The highest BCUT2D eigenvalue weighted by Gasteiger charge is 2.34. The van der Waals surface area contributed by atoms with Crippen molar-refractivity contribution in [1.29, 1.82) is 5.26 Å². The van der Waals surface area contributed by atoms with Crippen LogP contribution in [0.25, 0.3) is 11.3 Å². The van der Waals surface area contributed by atoms with Crippen LogP contribution in [0.15, 0.2) is 43.1 Å². The molecule has 2 heterocycles. The van der Waals surface area contributed by atoms with Crippen molar-refractivity contribution in [2.24, 2.45) is 0 Å². The lowest BCUT2D eigenvalue weighted by Crippen LogP contribution is -2.10. The largest absolute Gasteiger partial charge is 0.418 e. The van der Waals surface area contributed by atoms with Crippen molar-refractivity contribution < 1.29 is 13.2 Å². The van der Waals surface area contributed by atoms with E-state index in [2.05, 4.69) is 30.9 Å². The molecule has 0 aliphatic carbocycles. The van der Waals surface area contributed by atoms with E-state index in [0.717, 1.165) is 6.07 Å². The Hall–Kier alpha value is -3.68. The second kappa shape index (κ2) is 6.44. The first-order valence-electron chi connectivity index (χ1n) is 6.79. The van der Waals surface area contributed by atoms with Crippen LogP contribution in [-0.2, 0) is 6.18 Å². The Balaban J connectivity index is 1.95. The van der Waals surface area contributed by atoms with Gasteiger partial charge in [0.05, 0.1) is 17.6 Å². The third-order valence-corrected chi connectivity index (χ3v) is 3.17. The maximum atomic E-state index is 13.3. The van der Waals surface area contributed by atoms with Gasteiger partial charge in [-0.3, -0.25) is 0 Å². The maximum Gasteiger partial charge on any atom is 0.418 e. The number of alkyl halides is 3. The minimum atomic E-state index is -4.56. The van der Waals surface area contributed by atoms with Crippen molar-refractivity contribution >= 4 is 11.3 Å². The lowest BCUT2D eigenvalue weighted by molar-refractivity contribution is -0.137. The highest BCUT2D eigenvalue weighted by molar-refractivity contribution is 5.74. The molecule has 0 fully saturated rings. The Morgan fingerprint density at radius 2 is 2.20 bits per heavy atom. The fraction of sp³-hybridized carbons (Fsp3) is 0.0714. The first-order chi connectivity index (χ1) is 12.0. The minimum Gasteiger partial charge on any atom is -0.360 e. The number of nitrogens with zero attached hydrogens (tertiary/aromatic N) is 6. The van der Waals surface area contributed by atoms with Crippen molar-refractivity contribution in [2.45, 2.75) is 6.18 Å². The Labute approximate surface area is 138 Å². The van der Waals surface area contributed by atoms with Crippen LogP contribution in [0.1, 0.15) is 11.4 Å². The molecular formula is C14H9F3N8. The molecule has 0 unspecified atom stereocenters. The number of halogens is 3. The summed E-state index contributed by atoms with van der Waals surface area (Å²) in [6, 6.07) is 5.53. The van der Waals surface area contributed by atoms with Crippen LogP contribution in [0.3, 0.4) is 0 Å². The summed E-state index contributed by atoms with van der Waals surface area (Å²) in [5.74, 6) is 0.0288. The van der Waals surface area contributed by atoms with Crippen molar-refractivity contribution in [3.05, 3.63) is 54.5 Å². The van der Waals surface area contributed by atoms with Gasteiger partial charge < -0.3 is 9.88 Å². The van der Waals surface area contributed by atoms with Crippen molar-refractivity contribution in [3.8, 4) is 11.8 Å². The van der Waals surface area contributed by atoms with Gasteiger partial charge in [0.1, 0.15) is 11.6 Å². The quantitative estimate of drug-likeness (QED) is 0.702. The third-order valence-electron chi connectivity index (χ3n) is 3.17. The molecule has 1 aromatic carbocycles. The molecule has 2 N–H and O–H groups in total. The SMILES string of the molecule is N#CC(=CNc1ccc(-n2ccnc2)c(C(F)(F)F)c1)c1nn[nH]n1. The van der Waals surface area contributed by atoms with E-state index in [-0.39, 0.29) is 22.8 Å². The average Bonchev–Trinajstić information content (AvgIpc) is 3.28. The smallest absolute Gasteiger partial charge is 0.360 e. The molecule has 126 valence electrons. The lowest BCUT2D eigenvalue weighted by Gasteiger charge is -2.15. The summed E-state index contributed by atoms with van der Waals surface area (Å²) in [6.07, 6.45) is 0.729. The zero-order chi connectivity index (χ0) is 17.9. The molecule has 3 aromatic rings. The van der Waals surface area contributed by atoms with E-state index in [4.69, 9.17) is 5.26 Å². The standard InChI is InChI=1S/C14H9F3N8/c15-14(16,17)11-5-10(1-2-12(11)25-4-3-19-8-25)20-7-9(6-18)13-21-23-24-22-13/h1-5,7-8,20H,(H,21,22,23,24). The molecule has 0 radical (unpaired) electrons. The van der Waals surface area contributed by atoms with E-state index in [1.165, 1.54) is 41.6 Å².